The zero-order valence-corrected chi connectivity index (χ0v) is 23.2. The number of nitrogens with one attached hydrogen (secondary N) is 1. The maximum atomic E-state index is 13.4. The van der Waals surface area contributed by atoms with Crippen LogP contribution in [0.2, 0.25) is 0 Å². The fourth-order valence-electron chi connectivity index (χ4n) is 4.48. The van der Waals surface area contributed by atoms with Gasteiger partial charge in [-0.05, 0) is 46.7 Å². The van der Waals surface area contributed by atoms with Gasteiger partial charge in [-0.25, -0.2) is 0 Å². The Morgan fingerprint density at radius 3 is 2.67 bits per heavy atom. The van der Waals surface area contributed by atoms with E-state index in [-0.39, 0.29) is 37.3 Å². The number of hydrogen-bond donors (Lipinski definition) is 3. The van der Waals surface area contributed by atoms with Gasteiger partial charge in [0, 0.05) is 51.1 Å². The van der Waals surface area contributed by atoms with Gasteiger partial charge in [0.1, 0.15) is 18.0 Å². The number of aliphatic hydroxyl groups is 2. The Kier molecular flexibility index (Phi) is 11.4. The molecule has 9 nitrogen and oxygen atoms in total. The highest BCUT2D eigenvalue weighted by atomic mass is 127. The van der Waals surface area contributed by atoms with Gasteiger partial charge in [-0.15, -0.1) is 0 Å². The number of rotatable bonds is 11. The summed E-state index contributed by atoms with van der Waals surface area (Å²) in [5.74, 6) is 0.376. The zero-order chi connectivity index (χ0) is 26.1. The fourth-order valence-corrected chi connectivity index (χ4v) is 5.00. The van der Waals surface area contributed by atoms with Crippen LogP contribution < -0.4 is 10.1 Å². The number of amides is 2. The minimum absolute atomic E-state index is 0.0487. The second-order valence-corrected chi connectivity index (χ2v) is 10.7. The van der Waals surface area contributed by atoms with Gasteiger partial charge in [-0.1, -0.05) is 26.0 Å². The van der Waals surface area contributed by atoms with Gasteiger partial charge >= 0.3 is 0 Å². The van der Waals surface area contributed by atoms with Crippen molar-refractivity contribution >= 4 is 34.4 Å². The normalized spacial score (nSPS) is 22.7. The van der Waals surface area contributed by atoms with E-state index >= 15 is 0 Å². The lowest BCUT2D eigenvalue weighted by Crippen LogP contribution is -2.56. The van der Waals surface area contributed by atoms with Gasteiger partial charge in [0.2, 0.25) is 11.8 Å². The molecule has 0 saturated carbocycles. The van der Waals surface area contributed by atoms with Crippen molar-refractivity contribution in [3.8, 4) is 5.75 Å². The van der Waals surface area contributed by atoms with Crippen molar-refractivity contribution < 1.29 is 29.3 Å². The molecule has 0 spiro atoms. The molecule has 1 aromatic carbocycles. The van der Waals surface area contributed by atoms with Crippen LogP contribution in [0.1, 0.15) is 26.7 Å². The first kappa shape index (κ1) is 28.8. The van der Waals surface area contributed by atoms with Crippen molar-refractivity contribution in [2.45, 2.75) is 44.9 Å². The maximum Gasteiger partial charge on any atom is 0.247 e. The molecule has 1 fully saturated rings. The molecule has 1 aliphatic heterocycles. The highest BCUT2D eigenvalue weighted by Gasteiger charge is 2.40. The van der Waals surface area contributed by atoms with Crippen LogP contribution in [0, 0.1) is 9.49 Å². The summed E-state index contributed by atoms with van der Waals surface area (Å²) in [6.45, 7) is 7.95. The van der Waals surface area contributed by atoms with Crippen molar-refractivity contribution in [1.82, 2.24) is 15.1 Å². The molecule has 200 valence electrons. The number of carbonyl (C=O) groups is 2. The van der Waals surface area contributed by atoms with Crippen LogP contribution in [0.15, 0.2) is 35.9 Å². The zero-order valence-electron chi connectivity index (χ0n) is 21.1. The molecule has 3 rings (SSSR count). The highest BCUT2D eigenvalue weighted by Crippen LogP contribution is 2.30. The summed E-state index contributed by atoms with van der Waals surface area (Å²) in [6, 6.07) is 6.85. The standard InChI is InChI=1S/C26H38IN3O6/c1-18(2)15-24(32)30(9-8-29-10-13-35-14-11-29)21-16-19(26(34)28-7-12-31)17-23(25(21)33)36-22-6-4-3-5-20(22)27/h3-6,17-18,21,23,25,31,33H,7-16H2,1-2H3,(H,28,34)/t21-,23+,25+/m1/s1. The Morgan fingerprint density at radius 1 is 1.28 bits per heavy atom. The van der Waals surface area contributed by atoms with Gasteiger partial charge in [-0.2, -0.15) is 0 Å². The van der Waals surface area contributed by atoms with E-state index in [1.165, 1.54) is 0 Å². The van der Waals surface area contributed by atoms with Gasteiger partial charge in [0.15, 0.2) is 0 Å². The van der Waals surface area contributed by atoms with E-state index in [1.54, 1.807) is 11.0 Å². The Bertz CT molecular complexity index is 905. The molecular weight excluding hydrogens is 577 g/mol. The van der Waals surface area contributed by atoms with Crippen LogP contribution in [0.3, 0.4) is 0 Å². The van der Waals surface area contributed by atoms with Crippen LogP contribution in [-0.2, 0) is 14.3 Å². The second kappa shape index (κ2) is 14.3. The maximum absolute atomic E-state index is 13.4. The van der Waals surface area contributed by atoms with Crippen LogP contribution in [0.5, 0.6) is 5.75 Å². The molecule has 3 atom stereocenters. The lowest BCUT2D eigenvalue weighted by molar-refractivity contribution is -0.139. The number of benzene rings is 1. The van der Waals surface area contributed by atoms with Crippen molar-refractivity contribution in [2.75, 3.05) is 52.5 Å². The number of hydrogen-bond acceptors (Lipinski definition) is 7. The predicted octanol–water partition coefficient (Wildman–Crippen LogP) is 1.41. The molecule has 10 heteroatoms. The van der Waals surface area contributed by atoms with Crippen molar-refractivity contribution in [2.24, 2.45) is 5.92 Å². The number of aliphatic hydroxyl groups excluding tert-OH is 2. The molecule has 0 radical (unpaired) electrons. The predicted molar refractivity (Wildman–Crippen MR) is 145 cm³/mol. The molecule has 0 bridgehead atoms. The Balaban J connectivity index is 1.88. The summed E-state index contributed by atoms with van der Waals surface area (Å²) in [4.78, 5) is 30.3. The van der Waals surface area contributed by atoms with Crippen molar-refractivity contribution in [1.29, 1.82) is 0 Å². The minimum Gasteiger partial charge on any atom is -0.482 e. The molecule has 0 aromatic heterocycles. The first-order valence-electron chi connectivity index (χ1n) is 12.6. The molecule has 0 unspecified atom stereocenters. The van der Waals surface area contributed by atoms with Crippen LogP contribution in [-0.4, -0.2) is 103 Å². The lowest BCUT2D eigenvalue weighted by atomic mass is 9.87. The summed E-state index contributed by atoms with van der Waals surface area (Å²) in [7, 11) is 0. The topological polar surface area (TPSA) is 112 Å². The van der Waals surface area contributed by atoms with E-state index in [2.05, 4.69) is 32.8 Å². The highest BCUT2D eigenvalue weighted by molar-refractivity contribution is 14.1. The summed E-state index contributed by atoms with van der Waals surface area (Å²) in [5.41, 5.74) is 0.434. The van der Waals surface area contributed by atoms with E-state index in [0.29, 0.717) is 44.0 Å². The second-order valence-electron chi connectivity index (χ2n) is 9.59. The van der Waals surface area contributed by atoms with E-state index in [9.17, 15) is 14.7 Å². The number of carbonyl (C=O) groups excluding carboxylic acids is 2. The van der Waals surface area contributed by atoms with E-state index in [4.69, 9.17) is 14.6 Å². The third kappa shape index (κ3) is 8.14. The summed E-state index contributed by atoms with van der Waals surface area (Å²) >= 11 is 2.17. The van der Waals surface area contributed by atoms with Gasteiger partial charge < -0.3 is 29.9 Å². The number of para-hydroxylation sites is 1. The molecule has 1 aromatic rings. The number of halogens is 1. The fraction of sp³-hybridized carbons (Fsp3) is 0.615. The average molecular weight is 616 g/mol. The van der Waals surface area contributed by atoms with E-state index in [0.717, 1.165) is 16.7 Å². The van der Waals surface area contributed by atoms with Crippen molar-refractivity contribution in [3.05, 3.63) is 39.5 Å². The first-order chi connectivity index (χ1) is 17.3. The van der Waals surface area contributed by atoms with Crippen LogP contribution >= 0.6 is 22.6 Å². The average Bonchev–Trinajstić information content (AvgIpc) is 2.86. The van der Waals surface area contributed by atoms with Gasteiger partial charge in [-0.3, -0.25) is 14.5 Å². The summed E-state index contributed by atoms with van der Waals surface area (Å²) < 4.78 is 12.5. The molecule has 2 amide bonds. The van der Waals surface area contributed by atoms with Gasteiger partial charge in [0.25, 0.3) is 0 Å². The SMILES string of the molecule is CC(C)CC(=O)N(CCN1CCOCC1)[C@@H]1CC(C(=O)NCCO)=C[C@H](Oc2ccccc2I)[C@H]1O. The smallest absolute Gasteiger partial charge is 0.247 e. The Labute approximate surface area is 226 Å². The lowest BCUT2D eigenvalue weighted by Gasteiger charge is -2.41. The molecule has 1 saturated heterocycles. The molecule has 36 heavy (non-hydrogen) atoms. The molecule has 3 N–H and O–H groups in total. The largest absolute Gasteiger partial charge is 0.482 e. The monoisotopic (exact) mass is 615 g/mol. The third-order valence-electron chi connectivity index (χ3n) is 6.38. The molecular formula is C26H38IN3O6. The summed E-state index contributed by atoms with van der Waals surface area (Å²) in [5, 5.41) is 23.3. The Morgan fingerprint density at radius 2 is 2.00 bits per heavy atom. The van der Waals surface area contributed by atoms with Crippen LogP contribution in [0.25, 0.3) is 0 Å². The van der Waals surface area contributed by atoms with E-state index in [1.807, 2.05) is 38.1 Å². The van der Waals surface area contributed by atoms with E-state index < -0.39 is 18.2 Å². The molecule has 1 aliphatic carbocycles. The first-order valence-corrected chi connectivity index (χ1v) is 13.7. The number of nitrogens with zero attached hydrogens (tertiary/aromatic N) is 2. The van der Waals surface area contributed by atoms with Gasteiger partial charge in [0.05, 0.1) is 29.4 Å². The Hall–Kier alpha value is -1.73. The molecule has 2 aliphatic rings. The van der Waals surface area contributed by atoms with Crippen molar-refractivity contribution in [3.63, 3.8) is 0 Å². The number of ether oxygens (including phenoxy) is 2. The number of morpholine rings is 1. The molecule has 1 heterocycles. The minimum atomic E-state index is -1.02. The van der Waals surface area contributed by atoms with Crippen LogP contribution in [0.4, 0.5) is 0 Å². The summed E-state index contributed by atoms with van der Waals surface area (Å²) in [6.07, 6.45) is 0.370. The third-order valence-corrected chi connectivity index (χ3v) is 7.27. The quantitative estimate of drug-likeness (QED) is 0.323.